The van der Waals surface area contributed by atoms with Crippen molar-refractivity contribution in [2.45, 2.75) is 30.4 Å². The van der Waals surface area contributed by atoms with Crippen LogP contribution in [0.4, 0.5) is 0 Å². The van der Waals surface area contributed by atoms with E-state index in [2.05, 4.69) is 40.6 Å². The number of benzene rings is 2. The number of amides is 1. The van der Waals surface area contributed by atoms with Crippen molar-refractivity contribution in [3.8, 4) is 5.75 Å². The lowest BCUT2D eigenvalue weighted by atomic mass is 9.71. The van der Waals surface area contributed by atoms with Crippen molar-refractivity contribution in [1.82, 2.24) is 10.2 Å². The number of halogens is 1. The highest BCUT2D eigenvalue weighted by Gasteiger charge is 2.53. The number of fused-ring (bicyclic) bond motifs is 3. The first kappa shape index (κ1) is 23.7. The van der Waals surface area contributed by atoms with Gasteiger partial charge in [-0.2, -0.15) is 11.8 Å². The number of carbonyl (C=O) groups is 1. The monoisotopic (exact) mass is 498 g/mol. The Labute approximate surface area is 210 Å². The molecular weight excluding hydrogens is 468 g/mol. The molecule has 1 spiro atoms. The Morgan fingerprint density at radius 3 is 2.82 bits per heavy atom. The third-order valence-corrected chi connectivity index (χ3v) is 8.23. The molecule has 0 unspecified atom stereocenters. The number of carbonyl (C=O) groups excluding carboxylic acids is 1. The Bertz CT molecular complexity index is 1100. The van der Waals surface area contributed by atoms with E-state index < -0.39 is 0 Å². The molecule has 1 saturated heterocycles. The Morgan fingerprint density at radius 1 is 1.26 bits per heavy atom. The van der Waals surface area contributed by atoms with Crippen LogP contribution in [0, 0.1) is 0 Å². The molecule has 1 N–H and O–H groups in total. The summed E-state index contributed by atoms with van der Waals surface area (Å²) in [5.74, 6) is 1.42. The second-order valence-electron chi connectivity index (χ2n) is 9.43. The van der Waals surface area contributed by atoms with Gasteiger partial charge >= 0.3 is 0 Å². The maximum Gasteiger partial charge on any atom is 0.230 e. The smallest absolute Gasteiger partial charge is 0.230 e. The lowest BCUT2D eigenvalue weighted by Gasteiger charge is -2.44. The quantitative estimate of drug-likeness (QED) is 0.625. The van der Waals surface area contributed by atoms with E-state index in [0.717, 1.165) is 48.8 Å². The summed E-state index contributed by atoms with van der Waals surface area (Å²) in [5.41, 5.74) is 4.77. The standard InChI is InChI=1S/C27H31ClN2O3S/c1-32-26-25(29-24(31)17-34-2)21-5-3-4-6-22(21)27(26)9-11-30(12-10-27)15-18-13-19-14-20(28)7-8-23(19)33-16-18/h3-8,13-14,25-26H,9-12,15-17H2,1-2H3,(H,29,31)/t25-,26+/m1/s1. The lowest BCUT2D eigenvalue weighted by Crippen LogP contribution is -2.51. The molecule has 7 heteroatoms. The number of thioether (sulfide) groups is 1. The molecule has 0 aromatic heterocycles. The second kappa shape index (κ2) is 9.94. The molecule has 2 heterocycles. The summed E-state index contributed by atoms with van der Waals surface area (Å²) < 4.78 is 12.1. The first-order valence-electron chi connectivity index (χ1n) is 11.8. The van der Waals surface area contributed by atoms with Crippen LogP contribution in [-0.2, 0) is 14.9 Å². The molecule has 0 saturated carbocycles. The molecule has 2 aliphatic heterocycles. The maximum atomic E-state index is 12.5. The van der Waals surface area contributed by atoms with E-state index in [-0.39, 0.29) is 23.5 Å². The van der Waals surface area contributed by atoms with Gasteiger partial charge in [-0.1, -0.05) is 35.9 Å². The van der Waals surface area contributed by atoms with E-state index in [9.17, 15) is 4.79 Å². The first-order valence-corrected chi connectivity index (χ1v) is 13.6. The average molecular weight is 499 g/mol. The van der Waals surface area contributed by atoms with Gasteiger partial charge in [0.25, 0.3) is 0 Å². The minimum Gasteiger partial charge on any atom is -0.489 e. The van der Waals surface area contributed by atoms with Crippen LogP contribution in [-0.4, -0.2) is 62.3 Å². The molecule has 3 aliphatic rings. The van der Waals surface area contributed by atoms with Crippen LogP contribution < -0.4 is 10.1 Å². The van der Waals surface area contributed by atoms with Crippen molar-refractivity contribution in [1.29, 1.82) is 0 Å². The van der Waals surface area contributed by atoms with E-state index in [4.69, 9.17) is 21.1 Å². The predicted molar refractivity (Wildman–Crippen MR) is 139 cm³/mol. The molecule has 5 nitrogen and oxygen atoms in total. The number of piperidine rings is 1. The van der Waals surface area contributed by atoms with E-state index in [1.807, 2.05) is 24.5 Å². The molecule has 0 bridgehead atoms. The van der Waals surface area contributed by atoms with E-state index in [1.54, 1.807) is 18.9 Å². The van der Waals surface area contributed by atoms with Crippen molar-refractivity contribution in [3.63, 3.8) is 0 Å². The lowest BCUT2D eigenvalue weighted by molar-refractivity contribution is -0.120. The summed E-state index contributed by atoms with van der Waals surface area (Å²) in [6.07, 6.45) is 6.09. The fraction of sp³-hybridized carbons (Fsp3) is 0.444. The Kier molecular flexibility index (Phi) is 6.94. The fourth-order valence-electron chi connectivity index (χ4n) is 5.96. The van der Waals surface area contributed by atoms with Crippen LogP contribution in [0.2, 0.25) is 5.02 Å². The molecule has 0 radical (unpaired) electrons. The average Bonchev–Trinajstić information content (AvgIpc) is 3.09. The molecule has 2 atom stereocenters. The Morgan fingerprint density at radius 2 is 2.06 bits per heavy atom. The van der Waals surface area contributed by atoms with Crippen LogP contribution in [0.5, 0.6) is 5.75 Å². The normalized spacial score (nSPS) is 23.1. The zero-order valence-corrected chi connectivity index (χ0v) is 21.3. The van der Waals surface area contributed by atoms with Crippen molar-refractivity contribution in [3.05, 3.63) is 69.8 Å². The van der Waals surface area contributed by atoms with E-state index in [0.29, 0.717) is 12.4 Å². The number of methoxy groups -OCH3 is 1. The van der Waals surface area contributed by atoms with Gasteiger partial charge in [0.05, 0.1) is 17.9 Å². The molecule has 1 aliphatic carbocycles. The highest BCUT2D eigenvalue weighted by atomic mass is 35.5. The molecule has 2 aromatic carbocycles. The summed E-state index contributed by atoms with van der Waals surface area (Å²) in [6.45, 7) is 3.44. The largest absolute Gasteiger partial charge is 0.489 e. The number of rotatable bonds is 6. The topological polar surface area (TPSA) is 50.8 Å². The molecular formula is C27H31ClN2O3S. The van der Waals surface area contributed by atoms with Gasteiger partial charge in [-0.05, 0) is 73.2 Å². The van der Waals surface area contributed by atoms with Gasteiger partial charge in [-0.15, -0.1) is 0 Å². The van der Waals surface area contributed by atoms with Gasteiger partial charge < -0.3 is 14.8 Å². The molecule has 180 valence electrons. The zero-order valence-electron chi connectivity index (χ0n) is 19.7. The van der Waals surface area contributed by atoms with Gasteiger partial charge in [-0.3, -0.25) is 9.69 Å². The van der Waals surface area contributed by atoms with Crippen LogP contribution in [0.3, 0.4) is 0 Å². The van der Waals surface area contributed by atoms with Gasteiger partial charge in [0.1, 0.15) is 12.4 Å². The first-order chi connectivity index (χ1) is 16.5. The van der Waals surface area contributed by atoms with Crippen LogP contribution in [0.25, 0.3) is 6.08 Å². The summed E-state index contributed by atoms with van der Waals surface area (Å²) in [7, 11) is 1.78. The van der Waals surface area contributed by atoms with Gasteiger partial charge in [-0.25, -0.2) is 0 Å². The summed E-state index contributed by atoms with van der Waals surface area (Å²) >= 11 is 7.72. The van der Waals surface area contributed by atoms with Crippen molar-refractivity contribution in [2.24, 2.45) is 0 Å². The highest BCUT2D eigenvalue weighted by Crippen LogP contribution is 2.52. The van der Waals surface area contributed by atoms with Gasteiger partial charge in [0.2, 0.25) is 5.91 Å². The number of nitrogens with one attached hydrogen (secondary N) is 1. The minimum atomic E-state index is -0.108. The highest BCUT2D eigenvalue weighted by molar-refractivity contribution is 7.99. The molecule has 34 heavy (non-hydrogen) atoms. The van der Waals surface area contributed by atoms with Crippen LogP contribution in [0.1, 0.15) is 35.6 Å². The minimum absolute atomic E-state index is 0.0634. The van der Waals surface area contributed by atoms with E-state index in [1.165, 1.54) is 16.7 Å². The summed E-state index contributed by atoms with van der Waals surface area (Å²) in [4.78, 5) is 15.0. The van der Waals surface area contributed by atoms with Crippen molar-refractivity contribution in [2.75, 3.05) is 45.4 Å². The van der Waals surface area contributed by atoms with Gasteiger partial charge in [0, 0.05) is 29.7 Å². The van der Waals surface area contributed by atoms with Crippen LogP contribution in [0.15, 0.2) is 48.0 Å². The second-order valence-corrected chi connectivity index (χ2v) is 10.7. The van der Waals surface area contributed by atoms with E-state index >= 15 is 0 Å². The zero-order chi connectivity index (χ0) is 23.7. The third-order valence-electron chi connectivity index (χ3n) is 7.45. The van der Waals surface area contributed by atoms with Crippen molar-refractivity contribution >= 4 is 35.3 Å². The fourth-order valence-corrected chi connectivity index (χ4v) is 6.48. The molecule has 2 aromatic rings. The third kappa shape index (κ3) is 4.37. The maximum absolute atomic E-state index is 12.5. The number of ether oxygens (including phenoxy) is 2. The number of nitrogens with zero attached hydrogens (tertiary/aromatic N) is 1. The summed E-state index contributed by atoms with van der Waals surface area (Å²) in [6, 6.07) is 14.2. The predicted octanol–water partition coefficient (Wildman–Crippen LogP) is 4.70. The molecule has 5 rings (SSSR count). The number of likely N-dealkylation sites (tertiary alicyclic amines) is 1. The van der Waals surface area contributed by atoms with Crippen LogP contribution >= 0.6 is 23.4 Å². The number of hydrogen-bond acceptors (Lipinski definition) is 5. The summed E-state index contributed by atoms with van der Waals surface area (Å²) in [5, 5.41) is 3.99. The Hall–Kier alpha value is -1.99. The van der Waals surface area contributed by atoms with Gasteiger partial charge in [0.15, 0.2) is 0 Å². The SMILES string of the molecule is CO[C@H]1[C@H](NC(=O)CSC)c2ccccc2C12CCN(CC1=Cc3cc(Cl)ccc3OC1)CC2. The Balaban J connectivity index is 1.33. The number of hydrogen-bond donors (Lipinski definition) is 1. The molecule has 1 fully saturated rings. The molecule has 1 amide bonds. The van der Waals surface area contributed by atoms with Crippen molar-refractivity contribution < 1.29 is 14.3 Å².